The van der Waals surface area contributed by atoms with E-state index in [9.17, 15) is 4.39 Å². The van der Waals surface area contributed by atoms with Crippen LogP contribution in [0, 0.1) is 0 Å². The van der Waals surface area contributed by atoms with E-state index in [1.807, 2.05) is 18.2 Å². The lowest BCUT2D eigenvalue weighted by molar-refractivity contribution is 0.138. The lowest BCUT2D eigenvalue weighted by Crippen LogP contribution is -2.39. The maximum absolute atomic E-state index is 13.4. The average molecular weight is 394 g/mol. The van der Waals surface area contributed by atoms with Crippen LogP contribution in [0.5, 0.6) is 5.75 Å². The lowest BCUT2D eigenvalue weighted by atomic mass is 9.90. The van der Waals surface area contributed by atoms with Crippen LogP contribution in [-0.2, 0) is 26.1 Å². The molecule has 0 radical (unpaired) electrons. The SMILES string of the molecule is COc1ccc(CCn2c3c(c4nc(CF)ccc42)C2CCCCN2CC3)cc1. The minimum atomic E-state index is -0.504. The second-order valence-electron chi connectivity index (χ2n) is 8.21. The third-order valence-corrected chi connectivity index (χ3v) is 6.62. The number of halogens is 1. The standard InChI is InChI=1S/C24H28FN3O/c1-29-19-8-5-17(6-9-19)11-15-28-21-12-14-27-13-3-2-4-20(27)23(21)24-22(28)10-7-18(16-25)26-24/h5-10,20H,2-4,11-16H2,1H3. The van der Waals surface area contributed by atoms with E-state index in [0.717, 1.165) is 42.7 Å². The number of benzene rings is 1. The number of hydrogen-bond acceptors (Lipinski definition) is 3. The third-order valence-electron chi connectivity index (χ3n) is 6.62. The van der Waals surface area contributed by atoms with E-state index in [1.54, 1.807) is 7.11 Å². The number of nitrogens with zero attached hydrogens (tertiary/aromatic N) is 3. The van der Waals surface area contributed by atoms with E-state index >= 15 is 0 Å². The number of fused-ring (bicyclic) bond motifs is 5. The summed E-state index contributed by atoms with van der Waals surface area (Å²) in [6.45, 7) is 2.70. The van der Waals surface area contributed by atoms with Crippen LogP contribution in [0.15, 0.2) is 36.4 Å². The molecule has 1 fully saturated rings. The molecule has 1 atom stereocenters. The van der Waals surface area contributed by atoms with Gasteiger partial charge >= 0.3 is 0 Å². The van der Waals surface area contributed by atoms with Crippen LogP contribution in [0.25, 0.3) is 11.0 Å². The normalized spacial score (nSPS) is 19.2. The lowest BCUT2D eigenvalue weighted by Gasteiger charge is -2.39. The molecule has 4 nitrogen and oxygen atoms in total. The number of rotatable bonds is 5. The summed E-state index contributed by atoms with van der Waals surface area (Å²) in [4.78, 5) is 7.37. The Morgan fingerprint density at radius 3 is 2.76 bits per heavy atom. The minimum Gasteiger partial charge on any atom is -0.497 e. The van der Waals surface area contributed by atoms with Gasteiger partial charge < -0.3 is 9.30 Å². The van der Waals surface area contributed by atoms with Crippen molar-refractivity contribution >= 4 is 11.0 Å². The summed E-state index contributed by atoms with van der Waals surface area (Å²) in [5.41, 5.74) is 6.82. The molecule has 4 heterocycles. The zero-order valence-corrected chi connectivity index (χ0v) is 17.0. The molecule has 2 aromatic heterocycles. The molecule has 0 amide bonds. The van der Waals surface area contributed by atoms with Crippen LogP contribution < -0.4 is 4.74 Å². The molecule has 5 heteroatoms. The topological polar surface area (TPSA) is 30.3 Å². The van der Waals surface area contributed by atoms with Crippen molar-refractivity contribution in [1.29, 1.82) is 0 Å². The Hall–Kier alpha value is -2.40. The molecule has 3 aromatic rings. The maximum Gasteiger partial charge on any atom is 0.131 e. The summed E-state index contributed by atoms with van der Waals surface area (Å²) in [7, 11) is 1.69. The summed E-state index contributed by atoms with van der Waals surface area (Å²) in [6.07, 6.45) is 5.74. The Labute approximate surface area is 171 Å². The summed E-state index contributed by atoms with van der Waals surface area (Å²) >= 11 is 0. The largest absolute Gasteiger partial charge is 0.497 e. The van der Waals surface area contributed by atoms with Crippen LogP contribution in [0.2, 0.25) is 0 Å². The van der Waals surface area contributed by atoms with E-state index in [0.29, 0.717) is 11.7 Å². The van der Waals surface area contributed by atoms with Gasteiger partial charge in [0.15, 0.2) is 0 Å². The summed E-state index contributed by atoms with van der Waals surface area (Å²) in [6, 6.07) is 12.7. The Kier molecular flexibility index (Phi) is 5.00. The van der Waals surface area contributed by atoms with Crippen molar-refractivity contribution in [2.75, 3.05) is 20.2 Å². The highest BCUT2D eigenvalue weighted by Gasteiger charge is 2.34. The van der Waals surface area contributed by atoms with Crippen LogP contribution in [0.1, 0.15) is 47.8 Å². The van der Waals surface area contributed by atoms with Gasteiger partial charge in [0, 0.05) is 36.8 Å². The fourth-order valence-corrected chi connectivity index (χ4v) is 5.15. The van der Waals surface area contributed by atoms with E-state index < -0.39 is 6.67 Å². The van der Waals surface area contributed by atoms with Gasteiger partial charge in [-0.15, -0.1) is 0 Å². The number of pyridine rings is 1. The highest BCUT2D eigenvalue weighted by molar-refractivity contribution is 5.83. The van der Waals surface area contributed by atoms with Crippen molar-refractivity contribution in [3.05, 3.63) is 58.9 Å². The number of methoxy groups -OCH3 is 1. The zero-order valence-electron chi connectivity index (χ0n) is 17.0. The molecule has 0 spiro atoms. The summed E-state index contributed by atoms with van der Waals surface area (Å²) < 4.78 is 21.1. The minimum absolute atomic E-state index is 0.444. The number of aryl methyl sites for hydroxylation is 2. The van der Waals surface area contributed by atoms with Gasteiger partial charge in [-0.1, -0.05) is 18.6 Å². The van der Waals surface area contributed by atoms with Gasteiger partial charge in [0.2, 0.25) is 0 Å². The Bertz CT molecular complexity index is 1010. The van der Waals surface area contributed by atoms with E-state index in [1.165, 1.54) is 42.6 Å². The monoisotopic (exact) mass is 393 g/mol. The Balaban J connectivity index is 1.54. The molecule has 1 aromatic carbocycles. The fraction of sp³-hybridized carbons (Fsp3) is 0.458. The van der Waals surface area contributed by atoms with Gasteiger partial charge in [-0.25, -0.2) is 9.37 Å². The molecule has 0 N–H and O–H groups in total. The predicted octanol–water partition coefficient (Wildman–Crippen LogP) is 4.84. The smallest absolute Gasteiger partial charge is 0.131 e. The van der Waals surface area contributed by atoms with Gasteiger partial charge in [-0.2, -0.15) is 0 Å². The highest BCUT2D eigenvalue weighted by atomic mass is 19.1. The molecular weight excluding hydrogens is 365 g/mol. The zero-order chi connectivity index (χ0) is 19.8. The van der Waals surface area contributed by atoms with Crippen LogP contribution in [-0.4, -0.2) is 34.7 Å². The molecule has 1 saturated heterocycles. The fourth-order valence-electron chi connectivity index (χ4n) is 5.15. The van der Waals surface area contributed by atoms with Gasteiger partial charge in [-0.3, -0.25) is 4.90 Å². The molecule has 0 bridgehead atoms. The molecule has 152 valence electrons. The van der Waals surface area contributed by atoms with Crippen LogP contribution in [0.4, 0.5) is 4.39 Å². The van der Waals surface area contributed by atoms with Crippen molar-refractivity contribution in [3.8, 4) is 5.75 Å². The van der Waals surface area contributed by atoms with Crippen molar-refractivity contribution in [1.82, 2.24) is 14.5 Å². The molecule has 1 unspecified atom stereocenters. The Morgan fingerprint density at radius 2 is 1.97 bits per heavy atom. The first-order chi connectivity index (χ1) is 14.3. The summed E-state index contributed by atoms with van der Waals surface area (Å²) in [5.74, 6) is 0.887. The van der Waals surface area contributed by atoms with Gasteiger partial charge in [0.1, 0.15) is 12.4 Å². The molecule has 0 saturated carbocycles. The molecule has 5 rings (SSSR count). The van der Waals surface area contributed by atoms with E-state index in [2.05, 4.69) is 27.7 Å². The molecular formula is C24H28FN3O. The molecule has 2 aliphatic rings. The number of aromatic nitrogens is 2. The summed E-state index contributed by atoms with van der Waals surface area (Å²) in [5, 5.41) is 0. The first-order valence-electron chi connectivity index (χ1n) is 10.7. The van der Waals surface area contributed by atoms with Gasteiger partial charge in [0.25, 0.3) is 0 Å². The van der Waals surface area contributed by atoms with Crippen molar-refractivity contribution in [2.45, 2.75) is 51.4 Å². The first kappa shape index (κ1) is 18.6. The quantitative estimate of drug-likeness (QED) is 0.621. The van der Waals surface area contributed by atoms with Gasteiger partial charge in [0.05, 0.1) is 23.8 Å². The predicted molar refractivity (Wildman–Crippen MR) is 113 cm³/mol. The number of alkyl halides is 1. The first-order valence-corrected chi connectivity index (χ1v) is 10.7. The molecule has 0 aliphatic carbocycles. The van der Waals surface area contributed by atoms with Crippen molar-refractivity contribution in [3.63, 3.8) is 0 Å². The third kappa shape index (κ3) is 3.31. The van der Waals surface area contributed by atoms with E-state index in [4.69, 9.17) is 9.72 Å². The second kappa shape index (κ2) is 7.79. The number of piperidine rings is 1. The van der Waals surface area contributed by atoms with E-state index in [-0.39, 0.29) is 0 Å². The number of ether oxygens (including phenoxy) is 1. The molecule has 2 aliphatic heterocycles. The van der Waals surface area contributed by atoms with Gasteiger partial charge in [-0.05, 0) is 55.6 Å². The van der Waals surface area contributed by atoms with Crippen molar-refractivity contribution < 1.29 is 9.13 Å². The molecule has 29 heavy (non-hydrogen) atoms. The van der Waals surface area contributed by atoms with Crippen LogP contribution >= 0.6 is 0 Å². The Morgan fingerprint density at radius 1 is 1.10 bits per heavy atom. The van der Waals surface area contributed by atoms with Crippen molar-refractivity contribution in [2.24, 2.45) is 0 Å². The maximum atomic E-state index is 13.4. The van der Waals surface area contributed by atoms with Crippen LogP contribution in [0.3, 0.4) is 0 Å². The second-order valence-corrected chi connectivity index (χ2v) is 8.21. The average Bonchev–Trinajstić information content (AvgIpc) is 3.11. The number of hydrogen-bond donors (Lipinski definition) is 0. The highest BCUT2D eigenvalue weighted by Crippen LogP contribution is 2.41.